The molecule has 0 amide bonds. The van der Waals surface area contributed by atoms with E-state index in [9.17, 15) is 15.0 Å². The zero-order valence-electron chi connectivity index (χ0n) is 16.6. The van der Waals surface area contributed by atoms with E-state index in [1.807, 2.05) is 23.6 Å². The quantitative estimate of drug-likeness (QED) is 0.769. The molecule has 4 unspecified atom stereocenters. The number of hydrogen-bond acceptors (Lipinski definition) is 6. The van der Waals surface area contributed by atoms with Crippen molar-refractivity contribution in [2.75, 3.05) is 7.11 Å². The summed E-state index contributed by atoms with van der Waals surface area (Å²) in [7, 11) is 1.39. The van der Waals surface area contributed by atoms with Gasteiger partial charge in [-0.3, -0.25) is 0 Å². The summed E-state index contributed by atoms with van der Waals surface area (Å²) in [6.07, 6.45) is 5.26. The van der Waals surface area contributed by atoms with Crippen LogP contribution >= 0.6 is 11.3 Å². The normalized spacial score (nSPS) is 34.4. The highest BCUT2D eigenvalue weighted by Crippen LogP contribution is 2.60. The molecule has 4 rings (SSSR count). The molecule has 0 spiro atoms. The first-order chi connectivity index (χ1) is 13.3. The van der Waals surface area contributed by atoms with Gasteiger partial charge >= 0.3 is 5.97 Å². The predicted molar refractivity (Wildman–Crippen MR) is 107 cm³/mol. The Kier molecular flexibility index (Phi) is 4.64. The monoisotopic (exact) mass is 401 g/mol. The summed E-state index contributed by atoms with van der Waals surface area (Å²) in [5, 5.41) is 25.4. The van der Waals surface area contributed by atoms with Crippen LogP contribution in [0.3, 0.4) is 0 Å². The number of rotatable bonds is 3. The van der Waals surface area contributed by atoms with Crippen LogP contribution in [0.25, 0.3) is 0 Å². The lowest BCUT2D eigenvalue weighted by molar-refractivity contribution is -0.205. The SMILES string of the molecule is CCC12CC(C)(O)C(O)(c3nccs3)CC1CCc1cc(C(=O)OC)ccc12. The zero-order chi connectivity index (χ0) is 20.2. The molecule has 0 radical (unpaired) electrons. The number of benzene rings is 1. The van der Waals surface area contributed by atoms with Crippen molar-refractivity contribution in [3.05, 3.63) is 51.5 Å². The number of thiazole rings is 1. The van der Waals surface area contributed by atoms with Crippen LogP contribution in [0, 0.1) is 5.92 Å². The second-order valence-electron chi connectivity index (χ2n) is 8.46. The molecule has 1 aromatic carbocycles. The maximum Gasteiger partial charge on any atom is 0.337 e. The molecule has 0 bridgehead atoms. The minimum absolute atomic E-state index is 0.227. The maximum atomic E-state index is 11.9. The summed E-state index contributed by atoms with van der Waals surface area (Å²) in [4.78, 5) is 16.3. The Bertz CT molecular complexity index is 894. The molecular weight excluding hydrogens is 374 g/mol. The first-order valence-electron chi connectivity index (χ1n) is 9.84. The number of hydrogen-bond donors (Lipinski definition) is 2. The Hall–Kier alpha value is -1.76. The molecule has 1 saturated carbocycles. The molecule has 2 N–H and O–H groups in total. The van der Waals surface area contributed by atoms with Gasteiger partial charge in [0.2, 0.25) is 0 Å². The first-order valence-corrected chi connectivity index (χ1v) is 10.7. The molecule has 28 heavy (non-hydrogen) atoms. The summed E-state index contributed by atoms with van der Waals surface area (Å²) < 4.78 is 4.87. The van der Waals surface area contributed by atoms with Crippen molar-refractivity contribution in [2.24, 2.45) is 5.92 Å². The van der Waals surface area contributed by atoms with Gasteiger partial charge in [0.05, 0.1) is 18.3 Å². The molecule has 0 saturated heterocycles. The molecule has 1 aromatic heterocycles. The van der Waals surface area contributed by atoms with E-state index < -0.39 is 11.2 Å². The molecule has 0 aliphatic heterocycles. The van der Waals surface area contributed by atoms with Crippen molar-refractivity contribution in [2.45, 2.75) is 62.6 Å². The van der Waals surface area contributed by atoms with Crippen molar-refractivity contribution in [1.29, 1.82) is 0 Å². The Labute approximate surface area is 169 Å². The summed E-state index contributed by atoms with van der Waals surface area (Å²) >= 11 is 1.40. The van der Waals surface area contributed by atoms with Crippen molar-refractivity contribution in [3.8, 4) is 0 Å². The number of carbonyl (C=O) groups is 1. The number of esters is 1. The molecule has 5 nitrogen and oxygen atoms in total. The smallest absolute Gasteiger partial charge is 0.337 e. The molecule has 4 atom stereocenters. The number of nitrogens with zero attached hydrogens (tertiary/aromatic N) is 1. The lowest BCUT2D eigenvalue weighted by Gasteiger charge is -2.58. The van der Waals surface area contributed by atoms with E-state index in [-0.39, 0.29) is 17.3 Å². The lowest BCUT2D eigenvalue weighted by Crippen LogP contribution is -2.62. The lowest BCUT2D eigenvalue weighted by atomic mass is 9.49. The summed E-state index contributed by atoms with van der Waals surface area (Å²) in [6.45, 7) is 3.89. The van der Waals surface area contributed by atoms with E-state index in [0.717, 1.165) is 24.8 Å². The van der Waals surface area contributed by atoms with Crippen molar-refractivity contribution in [3.63, 3.8) is 0 Å². The van der Waals surface area contributed by atoms with Crippen LogP contribution in [-0.4, -0.2) is 33.9 Å². The fourth-order valence-electron chi connectivity index (χ4n) is 5.58. The van der Waals surface area contributed by atoms with Gasteiger partial charge in [0.25, 0.3) is 0 Å². The Morgan fingerprint density at radius 3 is 2.82 bits per heavy atom. The van der Waals surface area contributed by atoms with Gasteiger partial charge in [0.15, 0.2) is 0 Å². The number of ether oxygens (including phenoxy) is 1. The maximum absolute atomic E-state index is 11.9. The average Bonchev–Trinajstić information content (AvgIpc) is 3.23. The van der Waals surface area contributed by atoms with Gasteiger partial charge in [0.1, 0.15) is 10.6 Å². The van der Waals surface area contributed by atoms with E-state index in [0.29, 0.717) is 23.4 Å². The first kappa shape index (κ1) is 19.6. The highest BCUT2D eigenvalue weighted by atomic mass is 32.1. The summed E-state index contributed by atoms with van der Waals surface area (Å²) in [5.41, 5.74) is 0.0422. The van der Waals surface area contributed by atoms with Crippen LogP contribution in [0.1, 0.15) is 66.0 Å². The molecule has 2 aliphatic carbocycles. The second-order valence-corrected chi connectivity index (χ2v) is 9.36. The standard InChI is InChI=1S/C22H27NO4S/c1-4-21-13-20(2,25)22(26,19-23-9-10-28-19)12-16(21)7-5-14-11-15(18(24)27-3)6-8-17(14)21/h6,8-11,16,25-26H,4-5,7,12-13H2,1-3H3. The van der Waals surface area contributed by atoms with Crippen LogP contribution in [0.4, 0.5) is 0 Å². The largest absolute Gasteiger partial charge is 0.465 e. The fourth-order valence-corrected chi connectivity index (χ4v) is 6.45. The van der Waals surface area contributed by atoms with Gasteiger partial charge < -0.3 is 14.9 Å². The van der Waals surface area contributed by atoms with Gasteiger partial charge in [0, 0.05) is 17.0 Å². The van der Waals surface area contributed by atoms with E-state index >= 15 is 0 Å². The van der Waals surface area contributed by atoms with Crippen LogP contribution in [0.2, 0.25) is 0 Å². The van der Waals surface area contributed by atoms with Crippen LogP contribution in [-0.2, 0) is 22.2 Å². The van der Waals surface area contributed by atoms with Crippen molar-refractivity contribution >= 4 is 17.3 Å². The highest BCUT2D eigenvalue weighted by molar-refractivity contribution is 7.09. The van der Waals surface area contributed by atoms with E-state index in [1.165, 1.54) is 24.0 Å². The predicted octanol–water partition coefficient (Wildman–Crippen LogP) is 3.57. The summed E-state index contributed by atoms with van der Waals surface area (Å²) in [6, 6.07) is 5.78. The van der Waals surface area contributed by atoms with E-state index in [1.54, 1.807) is 13.1 Å². The third-order valence-corrected chi connectivity index (χ3v) is 8.04. The topological polar surface area (TPSA) is 79.7 Å². The number of methoxy groups -OCH3 is 1. The molecule has 2 aromatic rings. The third kappa shape index (κ3) is 2.65. The van der Waals surface area contributed by atoms with Gasteiger partial charge in [-0.25, -0.2) is 9.78 Å². The Morgan fingerprint density at radius 2 is 2.18 bits per heavy atom. The molecular formula is C22H27NO4S. The number of aryl methyl sites for hydroxylation is 1. The van der Waals surface area contributed by atoms with Crippen molar-refractivity contribution in [1.82, 2.24) is 4.98 Å². The minimum Gasteiger partial charge on any atom is -0.465 e. The van der Waals surface area contributed by atoms with Crippen LogP contribution < -0.4 is 0 Å². The summed E-state index contributed by atoms with van der Waals surface area (Å²) in [5.74, 6) is -0.0904. The van der Waals surface area contributed by atoms with Crippen LogP contribution in [0.15, 0.2) is 29.8 Å². The van der Waals surface area contributed by atoms with Gasteiger partial charge in [-0.2, -0.15) is 0 Å². The van der Waals surface area contributed by atoms with E-state index in [4.69, 9.17) is 4.74 Å². The number of fused-ring (bicyclic) bond motifs is 3. The van der Waals surface area contributed by atoms with Gasteiger partial charge in [-0.15, -0.1) is 11.3 Å². The molecule has 1 heterocycles. The van der Waals surface area contributed by atoms with Gasteiger partial charge in [-0.05, 0) is 68.2 Å². The minimum atomic E-state index is -1.34. The van der Waals surface area contributed by atoms with Crippen LogP contribution in [0.5, 0.6) is 0 Å². The highest BCUT2D eigenvalue weighted by Gasteiger charge is 2.61. The fraction of sp³-hybridized carbons (Fsp3) is 0.545. The van der Waals surface area contributed by atoms with Gasteiger partial charge in [-0.1, -0.05) is 13.0 Å². The van der Waals surface area contributed by atoms with Crippen molar-refractivity contribution < 1.29 is 19.7 Å². The molecule has 6 heteroatoms. The number of aromatic nitrogens is 1. The third-order valence-electron chi connectivity index (χ3n) is 7.12. The Balaban J connectivity index is 1.79. The zero-order valence-corrected chi connectivity index (χ0v) is 17.4. The molecule has 1 fully saturated rings. The molecule has 150 valence electrons. The second kappa shape index (κ2) is 6.65. The van der Waals surface area contributed by atoms with E-state index in [2.05, 4.69) is 11.9 Å². The number of carbonyl (C=O) groups excluding carboxylic acids is 1. The Morgan fingerprint density at radius 1 is 1.39 bits per heavy atom. The molecule has 2 aliphatic rings. The number of aliphatic hydroxyl groups is 2. The average molecular weight is 402 g/mol.